The summed E-state index contributed by atoms with van der Waals surface area (Å²) in [6.07, 6.45) is 2.50. The van der Waals surface area contributed by atoms with Crippen LogP contribution in [0.1, 0.15) is 19.8 Å². The number of thioether (sulfide) groups is 1. The molecule has 0 unspecified atom stereocenters. The summed E-state index contributed by atoms with van der Waals surface area (Å²) in [5, 5.41) is 18.1. The van der Waals surface area contributed by atoms with E-state index in [1.54, 1.807) is 23.1 Å². The van der Waals surface area contributed by atoms with Crippen LogP contribution in [0.2, 0.25) is 0 Å². The number of hydrogen-bond donors (Lipinski definition) is 1. The molecule has 2 rings (SSSR count). The largest absolute Gasteiger partial charge is 0.396 e. The minimum atomic E-state index is 0.195. The third kappa shape index (κ3) is 3.09. The van der Waals surface area contributed by atoms with Crippen molar-refractivity contribution < 1.29 is 5.11 Å². The molecular weight excluding hydrogens is 242 g/mol. The van der Waals surface area contributed by atoms with Crippen molar-refractivity contribution in [3.8, 4) is 0 Å². The molecule has 0 radical (unpaired) electrons. The lowest BCUT2D eigenvalue weighted by atomic mass is 10.00. The van der Waals surface area contributed by atoms with Crippen molar-refractivity contribution in [2.75, 3.05) is 30.3 Å². The Kier molecular flexibility index (Phi) is 4.43. The van der Waals surface area contributed by atoms with Gasteiger partial charge in [0.15, 0.2) is 4.34 Å². The van der Waals surface area contributed by atoms with E-state index in [9.17, 15) is 0 Å². The van der Waals surface area contributed by atoms with Gasteiger partial charge in [-0.25, -0.2) is 0 Å². The van der Waals surface area contributed by atoms with Crippen molar-refractivity contribution >= 4 is 28.2 Å². The Hall–Kier alpha value is -0.330. The molecule has 0 saturated carbocycles. The zero-order chi connectivity index (χ0) is 11.4. The van der Waals surface area contributed by atoms with Gasteiger partial charge in [-0.3, -0.25) is 0 Å². The Morgan fingerprint density at radius 2 is 2.19 bits per heavy atom. The van der Waals surface area contributed by atoms with Gasteiger partial charge in [-0.2, -0.15) is 0 Å². The van der Waals surface area contributed by atoms with Gasteiger partial charge in [-0.1, -0.05) is 30.0 Å². The Labute approximate surface area is 104 Å². The summed E-state index contributed by atoms with van der Waals surface area (Å²) < 4.78 is 0.961. The molecule has 1 aliphatic rings. The molecule has 1 aliphatic heterocycles. The SMILES string of the molecule is CC1CCN(c2nnc(SCCO)s2)CC1. The molecule has 2 heterocycles. The monoisotopic (exact) mass is 259 g/mol. The van der Waals surface area contributed by atoms with Crippen molar-refractivity contribution in [2.24, 2.45) is 5.92 Å². The van der Waals surface area contributed by atoms with E-state index in [0.717, 1.165) is 28.5 Å². The third-order valence-corrected chi connectivity index (χ3v) is 4.86. The van der Waals surface area contributed by atoms with Crippen molar-refractivity contribution in [3.05, 3.63) is 0 Å². The van der Waals surface area contributed by atoms with Crippen LogP contribution < -0.4 is 4.90 Å². The molecule has 6 heteroatoms. The molecule has 0 amide bonds. The van der Waals surface area contributed by atoms with E-state index in [4.69, 9.17) is 5.11 Å². The highest BCUT2D eigenvalue weighted by atomic mass is 32.2. The molecule has 1 aromatic heterocycles. The molecule has 0 aliphatic carbocycles. The lowest BCUT2D eigenvalue weighted by Crippen LogP contribution is -2.32. The predicted octanol–water partition coefficient (Wildman–Crippen LogP) is 1.86. The first-order valence-corrected chi connectivity index (χ1v) is 7.42. The number of aromatic nitrogens is 2. The second-order valence-electron chi connectivity index (χ2n) is 4.09. The highest BCUT2D eigenvalue weighted by Gasteiger charge is 2.19. The number of rotatable bonds is 4. The summed E-state index contributed by atoms with van der Waals surface area (Å²) in [7, 11) is 0. The van der Waals surface area contributed by atoms with Crippen LogP contribution in [0.5, 0.6) is 0 Å². The van der Waals surface area contributed by atoms with E-state index in [-0.39, 0.29) is 6.61 Å². The molecule has 1 fully saturated rings. The summed E-state index contributed by atoms with van der Waals surface area (Å²) in [5.41, 5.74) is 0. The topological polar surface area (TPSA) is 49.2 Å². The summed E-state index contributed by atoms with van der Waals surface area (Å²) in [5.74, 6) is 1.54. The lowest BCUT2D eigenvalue weighted by Gasteiger charge is -2.29. The fraction of sp³-hybridized carbons (Fsp3) is 0.800. The van der Waals surface area contributed by atoms with E-state index >= 15 is 0 Å². The average molecular weight is 259 g/mol. The summed E-state index contributed by atoms with van der Waals surface area (Å²) in [4.78, 5) is 2.32. The van der Waals surface area contributed by atoms with Crippen LogP contribution in [-0.2, 0) is 0 Å². The van der Waals surface area contributed by atoms with Gasteiger partial charge in [0.25, 0.3) is 0 Å². The quantitative estimate of drug-likeness (QED) is 0.836. The molecule has 90 valence electrons. The van der Waals surface area contributed by atoms with Gasteiger partial charge in [-0.05, 0) is 18.8 Å². The van der Waals surface area contributed by atoms with Crippen LogP contribution in [0.4, 0.5) is 5.13 Å². The summed E-state index contributed by atoms with van der Waals surface area (Å²) in [6.45, 7) is 4.70. The number of aliphatic hydroxyl groups is 1. The average Bonchev–Trinajstić information content (AvgIpc) is 2.76. The van der Waals surface area contributed by atoms with Gasteiger partial charge in [0.05, 0.1) is 6.61 Å². The number of nitrogens with zero attached hydrogens (tertiary/aromatic N) is 3. The maximum absolute atomic E-state index is 8.74. The highest BCUT2D eigenvalue weighted by Crippen LogP contribution is 2.30. The summed E-state index contributed by atoms with van der Waals surface area (Å²) >= 11 is 3.21. The molecule has 4 nitrogen and oxygen atoms in total. The maximum atomic E-state index is 8.74. The van der Waals surface area contributed by atoms with Gasteiger partial charge in [0, 0.05) is 18.8 Å². The Balaban J connectivity index is 1.91. The normalized spacial score (nSPS) is 18.0. The van der Waals surface area contributed by atoms with Gasteiger partial charge in [0.2, 0.25) is 5.13 Å². The Morgan fingerprint density at radius 3 is 2.88 bits per heavy atom. The van der Waals surface area contributed by atoms with Gasteiger partial charge < -0.3 is 10.0 Å². The first kappa shape index (κ1) is 12.1. The molecule has 1 N–H and O–H groups in total. The fourth-order valence-electron chi connectivity index (χ4n) is 1.72. The highest BCUT2D eigenvalue weighted by molar-refractivity contribution is 8.01. The number of anilines is 1. The number of hydrogen-bond acceptors (Lipinski definition) is 6. The minimum Gasteiger partial charge on any atom is -0.396 e. The molecule has 1 saturated heterocycles. The molecule has 0 bridgehead atoms. The van der Waals surface area contributed by atoms with Crippen molar-refractivity contribution in [1.82, 2.24) is 10.2 Å². The summed E-state index contributed by atoms with van der Waals surface area (Å²) in [6, 6.07) is 0. The molecule has 16 heavy (non-hydrogen) atoms. The first-order valence-electron chi connectivity index (χ1n) is 5.61. The lowest BCUT2D eigenvalue weighted by molar-refractivity contribution is 0.322. The number of aliphatic hydroxyl groups excluding tert-OH is 1. The van der Waals surface area contributed by atoms with Crippen LogP contribution in [0.3, 0.4) is 0 Å². The molecule has 0 atom stereocenters. The van der Waals surface area contributed by atoms with Crippen molar-refractivity contribution in [2.45, 2.75) is 24.1 Å². The third-order valence-electron chi connectivity index (χ3n) is 2.77. The van der Waals surface area contributed by atoms with Crippen molar-refractivity contribution in [1.29, 1.82) is 0 Å². The van der Waals surface area contributed by atoms with Crippen LogP contribution in [0.15, 0.2) is 4.34 Å². The number of piperidine rings is 1. The predicted molar refractivity (Wildman–Crippen MR) is 68.3 cm³/mol. The molecule has 1 aromatic rings. The second kappa shape index (κ2) is 5.84. The van der Waals surface area contributed by atoms with Gasteiger partial charge in [0.1, 0.15) is 0 Å². The van der Waals surface area contributed by atoms with Gasteiger partial charge in [-0.15, -0.1) is 10.2 Å². The smallest absolute Gasteiger partial charge is 0.209 e. The van der Waals surface area contributed by atoms with E-state index < -0.39 is 0 Å². The maximum Gasteiger partial charge on any atom is 0.209 e. The minimum absolute atomic E-state index is 0.195. The Morgan fingerprint density at radius 1 is 1.44 bits per heavy atom. The standard InChI is InChI=1S/C10H17N3OS2/c1-8-2-4-13(5-3-8)9-11-12-10(16-9)15-7-6-14/h8,14H,2-7H2,1H3. The molecular formula is C10H17N3OS2. The van der Waals surface area contributed by atoms with Crippen LogP contribution in [0, 0.1) is 5.92 Å². The van der Waals surface area contributed by atoms with Crippen LogP contribution >= 0.6 is 23.1 Å². The van der Waals surface area contributed by atoms with E-state index in [0.29, 0.717) is 5.75 Å². The van der Waals surface area contributed by atoms with E-state index in [1.165, 1.54) is 12.8 Å². The van der Waals surface area contributed by atoms with Crippen LogP contribution in [-0.4, -0.2) is 40.8 Å². The Bertz CT molecular complexity index is 324. The fourth-order valence-corrected chi connectivity index (χ4v) is 3.43. The molecule has 0 aromatic carbocycles. The molecule has 0 spiro atoms. The van der Waals surface area contributed by atoms with Gasteiger partial charge >= 0.3 is 0 Å². The van der Waals surface area contributed by atoms with Crippen molar-refractivity contribution in [3.63, 3.8) is 0 Å². The first-order chi connectivity index (χ1) is 7.79. The zero-order valence-corrected chi connectivity index (χ0v) is 11.1. The zero-order valence-electron chi connectivity index (χ0n) is 9.43. The van der Waals surface area contributed by atoms with Crippen LogP contribution in [0.25, 0.3) is 0 Å². The van der Waals surface area contributed by atoms with E-state index in [2.05, 4.69) is 22.0 Å². The second-order valence-corrected chi connectivity index (χ2v) is 6.39. The van der Waals surface area contributed by atoms with E-state index in [1.807, 2.05) is 0 Å².